The number of aromatic nitrogens is 2. The first-order chi connectivity index (χ1) is 16.1. The minimum absolute atomic E-state index is 0.0950. The van der Waals surface area contributed by atoms with E-state index in [1.54, 1.807) is 6.20 Å². The molecule has 33 heavy (non-hydrogen) atoms. The van der Waals surface area contributed by atoms with E-state index in [9.17, 15) is 9.59 Å². The van der Waals surface area contributed by atoms with E-state index >= 15 is 0 Å². The van der Waals surface area contributed by atoms with Crippen molar-refractivity contribution < 1.29 is 19.1 Å². The summed E-state index contributed by atoms with van der Waals surface area (Å²) in [7, 11) is 0. The number of allylic oxidation sites excluding steroid dienone is 2. The van der Waals surface area contributed by atoms with E-state index in [0.717, 1.165) is 61.7 Å². The van der Waals surface area contributed by atoms with Crippen molar-refractivity contribution in [3.05, 3.63) is 35.2 Å². The molecule has 0 aromatic carbocycles. The van der Waals surface area contributed by atoms with Crippen LogP contribution in [0.3, 0.4) is 0 Å². The molecule has 8 nitrogen and oxygen atoms in total. The Hall–Kier alpha value is -2.58. The molecule has 8 heteroatoms. The Kier molecular flexibility index (Phi) is 5.30. The molecular formula is C25H30N4O4. The van der Waals surface area contributed by atoms with Gasteiger partial charge in [0.25, 0.3) is 5.91 Å². The fraction of sp³-hybridized carbons (Fsp3) is 0.600. The second-order valence-corrected chi connectivity index (χ2v) is 9.92. The zero-order valence-corrected chi connectivity index (χ0v) is 19.0. The minimum atomic E-state index is -0.355. The summed E-state index contributed by atoms with van der Waals surface area (Å²) in [6.45, 7) is 5.54. The third-order valence-corrected chi connectivity index (χ3v) is 7.50. The Morgan fingerprint density at radius 2 is 2.03 bits per heavy atom. The summed E-state index contributed by atoms with van der Waals surface area (Å²) in [5.74, 6) is 0.250. The van der Waals surface area contributed by atoms with E-state index in [0.29, 0.717) is 24.5 Å². The van der Waals surface area contributed by atoms with Crippen LogP contribution in [0.15, 0.2) is 28.9 Å². The van der Waals surface area contributed by atoms with Gasteiger partial charge in [-0.05, 0) is 51.0 Å². The van der Waals surface area contributed by atoms with E-state index < -0.39 is 0 Å². The molecule has 4 heterocycles. The lowest BCUT2D eigenvalue weighted by Crippen LogP contribution is -2.44. The van der Waals surface area contributed by atoms with Gasteiger partial charge in [-0.2, -0.15) is 5.10 Å². The fourth-order valence-corrected chi connectivity index (χ4v) is 5.27. The quantitative estimate of drug-likeness (QED) is 0.689. The number of nitrogens with zero attached hydrogens (tertiary/aromatic N) is 4. The molecule has 0 spiro atoms. The molecule has 2 amide bonds. The summed E-state index contributed by atoms with van der Waals surface area (Å²) in [6, 6.07) is 0.0950. The molecule has 3 aliphatic heterocycles. The first-order valence-corrected chi connectivity index (χ1v) is 12.2. The molecule has 2 saturated heterocycles. The number of amides is 2. The number of carbonyl (C=O) groups excluding carboxylic acids is 2. The van der Waals surface area contributed by atoms with Gasteiger partial charge in [-0.25, -0.2) is 4.99 Å². The van der Waals surface area contributed by atoms with Crippen LogP contribution in [0.2, 0.25) is 0 Å². The predicted molar refractivity (Wildman–Crippen MR) is 122 cm³/mol. The van der Waals surface area contributed by atoms with Gasteiger partial charge < -0.3 is 14.4 Å². The summed E-state index contributed by atoms with van der Waals surface area (Å²) >= 11 is 0. The van der Waals surface area contributed by atoms with Gasteiger partial charge >= 0.3 is 0 Å². The van der Waals surface area contributed by atoms with Gasteiger partial charge in [0.15, 0.2) is 0 Å². The number of hydrogen-bond donors (Lipinski definition) is 0. The molecule has 1 saturated carbocycles. The Bertz CT molecular complexity index is 1070. The van der Waals surface area contributed by atoms with Gasteiger partial charge in [0, 0.05) is 31.9 Å². The SMILES string of the molecule is CC1=CC2=NC(=O)c3cnn([C@H]4CCOC4)c3C2=CC1C(=O)N1CCC(OCC2CC2)CC1. The third kappa shape index (κ3) is 3.89. The van der Waals surface area contributed by atoms with Crippen LogP contribution >= 0.6 is 0 Å². The molecule has 0 radical (unpaired) electrons. The Morgan fingerprint density at radius 3 is 2.76 bits per heavy atom. The number of fused-ring (bicyclic) bond motifs is 3. The first kappa shape index (κ1) is 21.0. The first-order valence-electron chi connectivity index (χ1n) is 12.2. The lowest BCUT2D eigenvalue weighted by molar-refractivity contribution is -0.135. The van der Waals surface area contributed by atoms with Gasteiger partial charge in [0.05, 0.1) is 47.8 Å². The zero-order chi connectivity index (χ0) is 22.5. The molecule has 0 bridgehead atoms. The van der Waals surface area contributed by atoms with Crippen molar-refractivity contribution in [2.75, 3.05) is 32.9 Å². The van der Waals surface area contributed by atoms with E-state index in [-0.39, 0.29) is 29.9 Å². The zero-order valence-electron chi connectivity index (χ0n) is 19.0. The van der Waals surface area contributed by atoms with Crippen molar-refractivity contribution >= 4 is 23.1 Å². The van der Waals surface area contributed by atoms with Crippen molar-refractivity contribution in [3.63, 3.8) is 0 Å². The van der Waals surface area contributed by atoms with Crippen LogP contribution in [-0.4, -0.2) is 71.2 Å². The van der Waals surface area contributed by atoms with Crippen LogP contribution in [0.1, 0.15) is 61.1 Å². The fourth-order valence-electron chi connectivity index (χ4n) is 5.27. The maximum absolute atomic E-state index is 13.5. The molecule has 3 fully saturated rings. The highest BCUT2D eigenvalue weighted by molar-refractivity contribution is 6.36. The number of likely N-dealkylation sites (tertiary alicyclic amines) is 1. The lowest BCUT2D eigenvalue weighted by atomic mass is 9.84. The summed E-state index contributed by atoms with van der Waals surface area (Å²) < 4.78 is 13.5. The number of ether oxygens (including phenoxy) is 2. The number of hydrogen-bond acceptors (Lipinski definition) is 5. The van der Waals surface area contributed by atoms with Gasteiger partial charge in [-0.15, -0.1) is 0 Å². The Morgan fingerprint density at radius 1 is 1.21 bits per heavy atom. The van der Waals surface area contributed by atoms with Gasteiger partial charge in [0.2, 0.25) is 5.91 Å². The van der Waals surface area contributed by atoms with Crippen LogP contribution in [0, 0.1) is 11.8 Å². The van der Waals surface area contributed by atoms with Crippen molar-refractivity contribution in [2.45, 2.75) is 51.2 Å². The second-order valence-electron chi connectivity index (χ2n) is 9.92. The molecule has 6 rings (SSSR count). The summed E-state index contributed by atoms with van der Waals surface area (Å²) in [5.41, 5.74) is 3.66. The average Bonchev–Trinajstić information content (AvgIpc) is 3.29. The molecule has 1 unspecified atom stereocenters. The highest BCUT2D eigenvalue weighted by Crippen LogP contribution is 2.37. The average molecular weight is 451 g/mol. The van der Waals surface area contributed by atoms with Crippen LogP contribution in [0.25, 0.3) is 5.57 Å². The van der Waals surface area contributed by atoms with Gasteiger partial charge in [-0.1, -0.05) is 11.6 Å². The maximum Gasteiger partial charge on any atom is 0.281 e. The molecule has 1 aromatic heterocycles. The van der Waals surface area contributed by atoms with E-state index in [1.807, 2.05) is 28.7 Å². The Labute approximate surface area is 193 Å². The number of aliphatic imine (C=N–C) groups is 1. The Balaban J connectivity index is 1.23. The molecule has 0 N–H and O–H groups in total. The standard InChI is InChI=1S/C25H30N4O4/c1-15-10-22-20(23-21(24(30)27-22)12-26-29(23)17-6-9-32-14-17)11-19(15)25(31)28-7-4-18(5-8-28)33-13-16-2-3-16/h10-12,16-19H,2-9,13-14H2,1H3/t17-,19?/m0/s1. The summed E-state index contributed by atoms with van der Waals surface area (Å²) in [6.07, 6.45) is 11.0. The molecule has 1 aromatic rings. The summed E-state index contributed by atoms with van der Waals surface area (Å²) in [5, 5.41) is 4.51. The van der Waals surface area contributed by atoms with E-state index in [2.05, 4.69) is 10.1 Å². The highest BCUT2D eigenvalue weighted by atomic mass is 16.5. The van der Waals surface area contributed by atoms with Crippen molar-refractivity contribution in [1.29, 1.82) is 0 Å². The van der Waals surface area contributed by atoms with Crippen molar-refractivity contribution in [1.82, 2.24) is 14.7 Å². The van der Waals surface area contributed by atoms with Gasteiger partial charge in [0.1, 0.15) is 0 Å². The predicted octanol–water partition coefficient (Wildman–Crippen LogP) is 2.82. The van der Waals surface area contributed by atoms with Gasteiger partial charge in [-0.3, -0.25) is 14.3 Å². The maximum atomic E-state index is 13.5. The largest absolute Gasteiger partial charge is 0.379 e. The molecule has 5 aliphatic rings. The smallest absolute Gasteiger partial charge is 0.281 e. The highest BCUT2D eigenvalue weighted by Gasteiger charge is 2.37. The normalized spacial score (nSPS) is 27.6. The van der Waals surface area contributed by atoms with Crippen LogP contribution in [0.4, 0.5) is 0 Å². The molecule has 2 atom stereocenters. The molecule has 2 aliphatic carbocycles. The second kappa shape index (κ2) is 8.33. The topological polar surface area (TPSA) is 86.0 Å². The third-order valence-electron chi connectivity index (χ3n) is 7.50. The monoisotopic (exact) mass is 450 g/mol. The van der Waals surface area contributed by atoms with Crippen LogP contribution in [-0.2, 0) is 14.3 Å². The van der Waals surface area contributed by atoms with E-state index in [4.69, 9.17) is 9.47 Å². The number of carbonyl (C=O) groups is 2. The molecule has 174 valence electrons. The lowest BCUT2D eigenvalue weighted by Gasteiger charge is -2.35. The van der Waals surface area contributed by atoms with Crippen LogP contribution < -0.4 is 0 Å². The number of piperidine rings is 1. The van der Waals surface area contributed by atoms with Crippen molar-refractivity contribution in [3.8, 4) is 0 Å². The van der Waals surface area contributed by atoms with E-state index in [1.165, 1.54) is 12.8 Å². The van der Waals surface area contributed by atoms with Crippen molar-refractivity contribution in [2.24, 2.45) is 16.8 Å². The van der Waals surface area contributed by atoms with Crippen LogP contribution in [0.5, 0.6) is 0 Å². The number of rotatable bonds is 5. The minimum Gasteiger partial charge on any atom is -0.379 e. The molecular weight excluding hydrogens is 420 g/mol. The summed E-state index contributed by atoms with van der Waals surface area (Å²) in [4.78, 5) is 32.4.